The average molecular weight is 350 g/mol. The molecule has 2 aliphatic rings. The minimum Gasteiger partial charge on any atom is -0.447 e. The predicted octanol–water partition coefficient (Wildman–Crippen LogP) is 0.873. The van der Waals surface area contributed by atoms with Crippen LogP contribution in [0.5, 0.6) is 0 Å². The van der Waals surface area contributed by atoms with Crippen LogP contribution in [0, 0.1) is 17.2 Å². The van der Waals surface area contributed by atoms with E-state index in [2.05, 4.69) is 11.4 Å². The van der Waals surface area contributed by atoms with E-state index in [-0.39, 0.29) is 30.4 Å². The van der Waals surface area contributed by atoms with E-state index in [0.29, 0.717) is 25.9 Å². The quantitative estimate of drug-likeness (QED) is 0.810. The van der Waals surface area contributed by atoms with Gasteiger partial charge in [-0.15, -0.1) is 0 Å². The van der Waals surface area contributed by atoms with Crippen molar-refractivity contribution in [1.29, 1.82) is 5.26 Å². The molecule has 138 valence electrons. The van der Waals surface area contributed by atoms with Crippen LogP contribution in [0.15, 0.2) is 0 Å². The highest BCUT2D eigenvalue weighted by Gasteiger charge is 2.41. The SMILES string of the molecule is CC1CC(C#N)N(C(=O)C2CCCN2C(=O)CNC(=O)OC(C)C)C1. The highest BCUT2D eigenvalue weighted by Crippen LogP contribution is 2.27. The number of hydrogen-bond donors (Lipinski definition) is 1. The number of amides is 3. The van der Waals surface area contributed by atoms with E-state index in [1.54, 1.807) is 18.7 Å². The first-order valence-electron chi connectivity index (χ1n) is 8.77. The maximum atomic E-state index is 12.8. The van der Waals surface area contributed by atoms with Gasteiger partial charge < -0.3 is 19.9 Å². The van der Waals surface area contributed by atoms with Crippen molar-refractivity contribution < 1.29 is 19.1 Å². The van der Waals surface area contributed by atoms with Crippen LogP contribution in [-0.4, -0.2) is 65.5 Å². The molecule has 3 atom stereocenters. The summed E-state index contributed by atoms with van der Waals surface area (Å²) in [4.78, 5) is 39.8. The number of nitriles is 1. The minimum atomic E-state index is -0.650. The topological polar surface area (TPSA) is 103 Å². The van der Waals surface area contributed by atoms with Crippen molar-refractivity contribution in [3.05, 3.63) is 0 Å². The molecule has 3 amide bonds. The standard InChI is InChI=1S/C17H26N4O4/c1-11(2)25-17(24)19-9-15(22)20-6-4-5-14(20)16(23)21-10-12(3)7-13(21)8-18/h11-14H,4-7,9-10H2,1-3H3,(H,19,24). The van der Waals surface area contributed by atoms with Gasteiger partial charge in [-0.3, -0.25) is 9.59 Å². The monoisotopic (exact) mass is 350 g/mol. The van der Waals surface area contributed by atoms with E-state index < -0.39 is 18.2 Å². The van der Waals surface area contributed by atoms with E-state index in [1.165, 1.54) is 4.90 Å². The number of carbonyl (C=O) groups excluding carboxylic acids is 3. The van der Waals surface area contributed by atoms with Crippen LogP contribution in [0.25, 0.3) is 0 Å². The number of carbonyl (C=O) groups is 3. The number of hydrogen-bond acceptors (Lipinski definition) is 5. The maximum absolute atomic E-state index is 12.8. The van der Waals surface area contributed by atoms with E-state index in [0.717, 1.165) is 6.42 Å². The van der Waals surface area contributed by atoms with Gasteiger partial charge in [-0.2, -0.15) is 5.26 Å². The summed E-state index contributed by atoms with van der Waals surface area (Å²) in [5.41, 5.74) is 0. The van der Waals surface area contributed by atoms with Crippen molar-refractivity contribution in [2.75, 3.05) is 19.6 Å². The Morgan fingerprint density at radius 1 is 1.32 bits per heavy atom. The molecule has 0 aromatic heterocycles. The van der Waals surface area contributed by atoms with Crippen molar-refractivity contribution in [2.24, 2.45) is 5.92 Å². The molecule has 2 saturated heterocycles. The maximum Gasteiger partial charge on any atom is 0.407 e. The zero-order chi connectivity index (χ0) is 18.6. The third-order valence-corrected chi connectivity index (χ3v) is 4.53. The number of likely N-dealkylation sites (tertiary alicyclic amines) is 2. The lowest BCUT2D eigenvalue weighted by atomic mass is 10.1. The summed E-state index contributed by atoms with van der Waals surface area (Å²) in [7, 11) is 0. The molecule has 0 aromatic rings. The van der Waals surface area contributed by atoms with Crippen LogP contribution in [0.3, 0.4) is 0 Å². The van der Waals surface area contributed by atoms with E-state index in [9.17, 15) is 19.6 Å². The van der Waals surface area contributed by atoms with Crippen molar-refractivity contribution in [2.45, 2.75) is 58.2 Å². The minimum absolute atomic E-state index is 0.161. The summed E-state index contributed by atoms with van der Waals surface area (Å²) >= 11 is 0. The Morgan fingerprint density at radius 2 is 2.04 bits per heavy atom. The Kier molecular flexibility index (Phi) is 6.23. The Morgan fingerprint density at radius 3 is 2.68 bits per heavy atom. The van der Waals surface area contributed by atoms with Gasteiger partial charge in [-0.05, 0) is 39.0 Å². The first kappa shape index (κ1) is 19.0. The van der Waals surface area contributed by atoms with Crippen molar-refractivity contribution in [3.63, 3.8) is 0 Å². The van der Waals surface area contributed by atoms with Gasteiger partial charge in [0.2, 0.25) is 11.8 Å². The fourth-order valence-electron chi connectivity index (χ4n) is 3.43. The lowest BCUT2D eigenvalue weighted by Gasteiger charge is -2.29. The molecule has 0 radical (unpaired) electrons. The van der Waals surface area contributed by atoms with E-state index in [4.69, 9.17) is 4.74 Å². The molecule has 0 aliphatic carbocycles. The van der Waals surface area contributed by atoms with Crippen LogP contribution < -0.4 is 5.32 Å². The van der Waals surface area contributed by atoms with E-state index >= 15 is 0 Å². The van der Waals surface area contributed by atoms with E-state index in [1.807, 2.05) is 6.92 Å². The molecular weight excluding hydrogens is 324 g/mol. The molecule has 8 nitrogen and oxygen atoms in total. The fourth-order valence-corrected chi connectivity index (χ4v) is 3.43. The molecular formula is C17H26N4O4. The van der Waals surface area contributed by atoms with Crippen molar-refractivity contribution in [3.8, 4) is 6.07 Å². The second-order valence-corrected chi connectivity index (χ2v) is 7.03. The number of ether oxygens (including phenoxy) is 1. The molecule has 0 bridgehead atoms. The van der Waals surface area contributed by atoms with Gasteiger partial charge in [0.25, 0.3) is 0 Å². The Hall–Kier alpha value is -2.30. The summed E-state index contributed by atoms with van der Waals surface area (Å²) in [6, 6.07) is 1.22. The molecule has 1 N–H and O–H groups in total. The predicted molar refractivity (Wildman–Crippen MR) is 89.2 cm³/mol. The molecule has 0 saturated carbocycles. The van der Waals surface area contributed by atoms with Gasteiger partial charge in [0.1, 0.15) is 18.6 Å². The fraction of sp³-hybridized carbons (Fsp3) is 0.765. The van der Waals surface area contributed by atoms with Gasteiger partial charge in [-0.25, -0.2) is 4.79 Å². The molecule has 2 heterocycles. The van der Waals surface area contributed by atoms with Crippen LogP contribution in [0.2, 0.25) is 0 Å². The van der Waals surface area contributed by atoms with Crippen LogP contribution in [0.1, 0.15) is 40.0 Å². The van der Waals surface area contributed by atoms with Crippen molar-refractivity contribution in [1.82, 2.24) is 15.1 Å². The normalized spacial score (nSPS) is 25.8. The summed E-state index contributed by atoms with van der Waals surface area (Å²) < 4.78 is 4.93. The number of nitrogens with one attached hydrogen (secondary N) is 1. The van der Waals surface area contributed by atoms with Crippen LogP contribution in [-0.2, 0) is 14.3 Å². The van der Waals surface area contributed by atoms with Gasteiger partial charge >= 0.3 is 6.09 Å². The molecule has 8 heteroatoms. The van der Waals surface area contributed by atoms with Gasteiger partial charge in [0.15, 0.2) is 0 Å². The van der Waals surface area contributed by atoms with Crippen LogP contribution in [0.4, 0.5) is 4.79 Å². The smallest absolute Gasteiger partial charge is 0.407 e. The molecule has 2 aliphatic heterocycles. The second-order valence-electron chi connectivity index (χ2n) is 7.03. The Balaban J connectivity index is 1.95. The first-order chi connectivity index (χ1) is 11.8. The number of alkyl carbamates (subject to hydrolysis) is 1. The summed E-state index contributed by atoms with van der Waals surface area (Å²) in [5, 5.41) is 11.7. The summed E-state index contributed by atoms with van der Waals surface area (Å²) in [6.07, 6.45) is 1.08. The molecule has 0 spiro atoms. The zero-order valence-corrected chi connectivity index (χ0v) is 15.0. The third kappa shape index (κ3) is 4.62. The second kappa shape index (κ2) is 8.19. The molecule has 0 aromatic carbocycles. The van der Waals surface area contributed by atoms with Gasteiger partial charge in [0.05, 0.1) is 12.2 Å². The lowest BCUT2D eigenvalue weighted by molar-refractivity contribution is -0.143. The molecule has 2 fully saturated rings. The Labute approximate surface area is 148 Å². The van der Waals surface area contributed by atoms with Crippen LogP contribution >= 0.6 is 0 Å². The number of rotatable bonds is 4. The number of nitrogens with zero attached hydrogens (tertiary/aromatic N) is 3. The zero-order valence-electron chi connectivity index (χ0n) is 15.0. The molecule has 2 rings (SSSR count). The Bertz CT molecular complexity index is 571. The molecule has 3 unspecified atom stereocenters. The first-order valence-corrected chi connectivity index (χ1v) is 8.77. The average Bonchev–Trinajstić information content (AvgIpc) is 3.17. The largest absolute Gasteiger partial charge is 0.447 e. The molecule has 25 heavy (non-hydrogen) atoms. The summed E-state index contributed by atoms with van der Waals surface area (Å²) in [6.45, 7) is 6.29. The van der Waals surface area contributed by atoms with Gasteiger partial charge in [-0.1, -0.05) is 6.92 Å². The van der Waals surface area contributed by atoms with Gasteiger partial charge in [0, 0.05) is 13.1 Å². The lowest BCUT2D eigenvalue weighted by Crippen LogP contribution is -2.51. The highest BCUT2D eigenvalue weighted by atomic mass is 16.6. The summed E-state index contributed by atoms with van der Waals surface area (Å²) in [5.74, 6) is -0.185. The highest BCUT2D eigenvalue weighted by molar-refractivity contribution is 5.90. The third-order valence-electron chi connectivity index (χ3n) is 4.53. The van der Waals surface area contributed by atoms with Crippen molar-refractivity contribution >= 4 is 17.9 Å².